The molecule has 0 aromatic carbocycles. The number of anilines is 1. The van der Waals surface area contributed by atoms with Crippen molar-refractivity contribution in [2.24, 2.45) is 0 Å². The molecule has 11 heavy (non-hydrogen) atoms. The third kappa shape index (κ3) is 1.38. The highest BCUT2D eigenvalue weighted by Gasteiger charge is 1.99. The topological polar surface area (TPSA) is 82.7 Å². The van der Waals surface area contributed by atoms with E-state index in [9.17, 15) is 4.79 Å². The average Bonchev–Trinajstić information content (AvgIpc) is 1.99. The molecule has 1 aromatic rings. The molecule has 1 rings (SSSR count). The van der Waals surface area contributed by atoms with Gasteiger partial charge in [-0.1, -0.05) is 0 Å². The number of nitrogens with one attached hydrogen (secondary N) is 1. The van der Waals surface area contributed by atoms with Gasteiger partial charge in [0.25, 0.3) is 5.56 Å². The highest BCUT2D eigenvalue weighted by atomic mass is 16.1. The maximum atomic E-state index is 10.8. The van der Waals surface area contributed by atoms with Crippen molar-refractivity contribution < 1.29 is 0 Å². The summed E-state index contributed by atoms with van der Waals surface area (Å²) in [4.78, 5) is 13.2. The summed E-state index contributed by atoms with van der Waals surface area (Å²) < 4.78 is 0. The molecule has 3 N–H and O–H groups in total. The molecule has 0 aliphatic carbocycles. The van der Waals surface area contributed by atoms with Gasteiger partial charge in [-0.2, -0.15) is 5.26 Å². The molecule has 0 saturated heterocycles. The van der Waals surface area contributed by atoms with E-state index in [0.29, 0.717) is 5.56 Å². The number of H-pyrrole nitrogens is 1. The van der Waals surface area contributed by atoms with E-state index in [-0.39, 0.29) is 17.7 Å². The van der Waals surface area contributed by atoms with Crippen molar-refractivity contribution in [2.45, 2.75) is 6.42 Å². The summed E-state index contributed by atoms with van der Waals surface area (Å²) in [5.74, 6) is 0. The van der Waals surface area contributed by atoms with Gasteiger partial charge in [0.2, 0.25) is 0 Å². The highest BCUT2D eigenvalue weighted by Crippen LogP contribution is 2.03. The summed E-state index contributed by atoms with van der Waals surface area (Å²) in [6.07, 6.45) is 1.65. The summed E-state index contributed by atoms with van der Waals surface area (Å²) >= 11 is 0. The molecule has 0 radical (unpaired) electrons. The lowest BCUT2D eigenvalue weighted by atomic mass is 10.2. The van der Waals surface area contributed by atoms with Crippen LogP contribution in [0.2, 0.25) is 0 Å². The van der Waals surface area contributed by atoms with Crippen molar-refractivity contribution in [1.82, 2.24) is 4.98 Å². The Kier molecular flexibility index (Phi) is 1.93. The second kappa shape index (κ2) is 2.88. The molecular formula is C7H7N3O. The number of nitrogens with two attached hydrogens (primary N) is 1. The smallest absolute Gasteiger partial charge is 0.271 e. The SMILES string of the molecule is N#CCc1cc[nH]c(=O)c1N. The minimum atomic E-state index is -0.335. The number of hydrogen-bond donors (Lipinski definition) is 2. The lowest BCUT2D eigenvalue weighted by Crippen LogP contribution is -2.13. The van der Waals surface area contributed by atoms with Crippen molar-refractivity contribution in [3.8, 4) is 6.07 Å². The van der Waals surface area contributed by atoms with E-state index in [1.165, 1.54) is 6.20 Å². The largest absolute Gasteiger partial charge is 0.394 e. The summed E-state index contributed by atoms with van der Waals surface area (Å²) in [6.45, 7) is 0. The Balaban J connectivity index is 3.19. The molecule has 0 aliphatic rings. The first-order valence-corrected chi connectivity index (χ1v) is 3.08. The fourth-order valence-electron chi connectivity index (χ4n) is 0.771. The van der Waals surface area contributed by atoms with Crippen LogP contribution in [0.1, 0.15) is 5.56 Å². The number of rotatable bonds is 1. The molecule has 56 valence electrons. The first kappa shape index (κ1) is 7.35. The summed E-state index contributed by atoms with van der Waals surface area (Å²) in [5, 5.41) is 8.32. The van der Waals surface area contributed by atoms with Gasteiger partial charge in [-0.15, -0.1) is 0 Å². The Morgan fingerprint density at radius 1 is 1.73 bits per heavy atom. The van der Waals surface area contributed by atoms with Crippen LogP contribution in [0, 0.1) is 11.3 Å². The molecule has 0 unspecified atom stereocenters. The van der Waals surface area contributed by atoms with Gasteiger partial charge < -0.3 is 10.7 Å². The Morgan fingerprint density at radius 3 is 3.09 bits per heavy atom. The predicted molar refractivity (Wildman–Crippen MR) is 40.8 cm³/mol. The zero-order valence-electron chi connectivity index (χ0n) is 5.79. The van der Waals surface area contributed by atoms with E-state index >= 15 is 0 Å². The lowest BCUT2D eigenvalue weighted by Gasteiger charge is -1.96. The highest BCUT2D eigenvalue weighted by molar-refractivity contribution is 5.44. The fourth-order valence-corrected chi connectivity index (χ4v) is 0.771. The number of aromatic amines is 1. The van der Waals surface area contributed by atoms with E-state index in [1.807, 2.05) is 6.07 Å². The van der Waals surface area contributed by atoms with Crippen molar-refractivity contribution >= 4 is 5.69 Å². The van der Waals surface area contributed by atoms with Crippen LogP contribution in [0.15, 0.2) is 17.1 Å². The second-order valence-corrected chi connectivity index (χ2v) is 2.08. The number of nitrogen functional groups attached to an aromatic ring is 1. The molecule has 1 heterocycles. The standard InChI is InChI=1S/C7H7N3O/c8-3-1-5-2-4-10-7(11)6(5)9/h2,4H,1,9H2,(H,10,11). The molecule has 0 aliphatic heterocycles. The van der Waals surface area contributed by atoms with Crippen LogP contribution in [-0.4, -0.2) is 4.98 Å². The van der Waals surface area contributed by atoms with Crippen LogP contribution in [0.3, 0.4) is 0 Å². The quantitative estimate of drug-likeness (QED) is 0.590. The average molecular weight is 149 g/mol. The van der Waals surface area contributed by atoms with E-state index < -0.39 is 0 Å². The molecule has 0 saturated carbocycles. The molecule has 0 bridgehead atoms. The Bertz CT molecular complexity index is 347. The van der Waals surface area contributed by atoms with Gasteiger partial charge in [0, 0.05) is 6.20 Å². The van der Waals surface area contributed by atoms with Crippen LogP contribution in [0.4, 0.5) is 5.69 Å². The van der Waals surface area contributed by atoms with Crippen molar-refractivity contribution in [1.29, 1.82) is 5.26 Å². The van der Waals surface area contributed by atoms with Crippen molar-refractivity contribution in [3.63, 3.8) is 0 Å². The molecule has 0 amide bonds. The maximum Gasteiger partial charge on any atom is 0.271 e. The van der Waals surface area contributed by atoms with Crippen molar-refractivity contribution in [3.05, 3.63) is 28.2 Å². The number of aromatic nitrogens is 1. The van der Waals surface area contributed by atoms with Crippen LogP contribution >= 0.6 is 0 Å². The van der Waals surface area contributed by atoms with Gasteiger partial charge in [-0.3, -0.25) is 4.79 Å². The maximum absolute atomic E-state index is 10.8. The zero-order valence-corrected chi connectivity index (χ0v) is 5.79. The molecular weight excluding hydrogens is 142 g/mol. The minimum Gasteiger partial charge on any atom is -0.394 e. The van der Waals surface area contributed by atoms with Gasteiger partial charge in [0.05, 0.1) is 12.5 Å². The van der Waals surface area contributed by atoms with Gasteiger partial charge in [0.1, 0.15) is 5.69 Å². The first-order valence-electron chi connectivity index (χ1n) is 3.08. The van der Waals surface area contributed by atoms with E-state index in [4.69, 9.17) is 11.0 Å². The summed E-state index contributed by atoms with van der Waals surface area (Å²) in [5.41, 5.74) is 5.75. The lowest BCUT2D eigenvalue weighted by molar-refractivity contribution is 1.17. The monoisotopic (exact) mass is 149 g/mol. The van der Waals surface area contributed by atoms with Gasteiger partial charge in [-0.05, 0) is 11.6 Å². The third-order valence-corrected chi connectivity index (χ3v) is 1.36. The molecule has 0 spiro atoms. The van der Waals surface area contributed by atoms with Crippen LogP contribution in [0.25, 0.3) is 0 Å². The molecule has 1 aromatic heterocycles. The first-order chi connectivity index (χ1) is 5.25. The van der Waals surface area contributed by atoms with Gasteiger partial charge in [-0.25, -0.2) is 0 Å². The van der Waals surface area contributed by atoms with Crippen molar-refractivity contribution in [2.75, 3.05) is 5.73 Å². The Morgan fingerprint density at radius 2 is 2.45 bits per heavy atom. The van der Waals surface area contributed by atoms with E-state index in [1.54, 1.807) is 6.07 Å². The van der Waals surface area contributed by atoms with E-state index in [2.05, 4.69) is 4.98 Å². The normalized spacial score (nSPS) is 9.00. The van der Waals surface area contributed by atoms with Crippen LogP contribution < -0.4 is 11.3 Å². The Labute approximate surface area is 63.3 Å². The van der Waals surface area contributed by atoms with Gasteiger partial charge >= 0.3 is 0 Å². The minimum absolute atomic E-state index is 0.133. The number of pyridine rings is 1. The summed E-state index contributed by atoms with van der Waals surface area (Å²) in [6, 6.07) is 3.54. The number of hydrogen-bond acceptors (Lipinski definition) is 3. The fraction of sp³-hybridized carbons (Fsp3) is 0.143. The molecule has 0 fully saturated rings. The van der Waals surface area contributed by atoms with Crippen LogP contribution in [0.5, 0.6) is 0 Å². The zero-order chi connectivity index (χ0) is 8.27. The Hall–Kier alpha value is -1.76. The number of nitrogens with zero attached hydrogens (tertiary/aromatic N) is 1. The van der Waals surface area contributed by atoms with E-state index in [0.717, 1.165) is 0 Å². The third-order valence-electron chi connectivity index (χ3n) is 1.36. The molecule has 4 heteroatoms. The van der Waals surface area contributed by atoms with Crippen LogP contribution in [-0.2, 0) is 6.42 Å². The number of nitriles is 1. The second-order valence-electron chi connectivity index (χ2n) is 2.08. The van der Waals surface area contributed by atoms with Gasteiger partial charge in [0.15, 0.2) is 0 Å². The molecule has 4 nitrogen and oxygen atoms in total. The predicted octanol–water partition coefficient (Wildman–Crippen LogP) is 0.0232. The molecule has 0 atom stereocenters. The summed E-state index contributed by atoms with van der Waals surface area (Å²) in [7, 11) is 0.